The maximum absolute atomic E-state index is 12.6. The molecule has 0 spiro atoms. The summed E-state index contributed by atoms with van der Waals surface area (Å²) in [6.45, 7) is 5.85. The fourth-order valence-electron chi connectivity index (χ4n) is 3.74. The number of hydrogen-bond acceptors (Lipinski definition) is 5. The van der Waals surface area contributed by atoms with E-state index in [4.69, 9.17) is 20.8 Å². The Kier molecular flexibility index (Phi) is 6.92. The summed E-state index contributed by atoms with van der Waals surface area (Å²) in [6.07, 6.45) is 1.73. The molecule has 4 rings (SSSR count). The van der Waals surface area contributed by atoms with Crippen molar-refractivity contribution in [1.82, 2.24) is 9.80 Å². The fourth-order valence-corrected chi connectivity index (χ4v) is 3.91. The van der Waals surface area contributed by atoms with Crippen molar-refractivity contribution in [3.8, 4) is 5.75 Å². The van der Waals surface area contributed by atoms with E-state index >= 15 is 0 Å². The standard InChI is InChI=1S/C24H26ClN3O3/c1-30-23-9-6-19(25)15-22(23)24(29)26-20-7-4-18(5-8-20)16-27-10-12-28(13-11-27)17-21-3-2-14-31-21/h2-9,14-15H,10-13,16-17H2,1H3,(H,26,29). The van der Waals surface area contributed by atoms with Crippen molar-refractivity contribution >= 4 is 23.2 Å². The second-order valence-electron chi connectivity index (χ2n) is 7.63. The number of methoxy groups -OCH3 is 1. The van der Waals surface area contributed by atoms with Crippen LogP contribution in [-0.4, -0.2) is 49.0 Å². The van der Waals surface area contributed by atoms with Gasteiger partial charge in [0.15, 0.2) is 0 Å². The zero-order valence-electron chi connectivity index (χ0n) is 17.5. The van der Waals surface area contributed by atoms with E-state index in [0.29, 0.717) is 16.3 Å². The number of carbonyl (C=O) groups excluding carboxylic acids is 1. The summed E-state index contributed by atoms with van der Waals surface area (Å²) in [7, 11) is 1.53. The molecule has 0 unspecified atom stereocenters. The number of nitrogens with one attached hydrogen (secondary N) is 1. The van der Waals surface area contributed by atoms with E-state index in [1.54, 1.807) is 24.5 Å². The third kappa shape index (κ3) is 5.67. The molecule has 6 nitrogen and oxygen atoms in total. The van der Waals surface area contributed by atoms with Crippen LogP contribution in [0.25, 0.3) is 0 Å². The topological polar surface area (TPSA) is 58.0 Å². The molecule has 162 valence electrons. The number of benzene rings is 2. The first-order valence-corrected chi connectivity index (χ1v) is 10.7. The summed E-state index contributed by atoms with van der Waals surface area (Å²) in [5.74, 6) is 1.26. The predicted octanol–water partition coefficient (Wildman–Crippen LogP) is 4.51. The van der Waals surface area contributed by atoms with E-state index in [1.807, 2.05) is 24.3 Å². The minimum Gasteiger partial charge on any atom is -0.496 e. The highest BCUT2D eigenvalue weighted by atomic mass is 35.5. The van der Waals surface area contributed by atoms with E-state index in [2.05, 4.69) is 27.2 Å². The molecule has 1 amide bonds. The quantitative estimate of drug-likeness (QED) is 0.587. The Labute approximate surface area is 187 Å². The lowest BCUT2D eigenvalue weighted by Gasteiger charge is -2.34. The third-order valence-electron chi connectivity index (χ3n) is 5.45. The van der Waals surface area contributed by atoms with Crippen LogP contribution in [0.2, 0.25) is 5.02 Å². The number of nitrogens with zero attached hydrogens (tertiary/aromatic N) is 2. The summed E-state index contributed by atoms with van der Waals surface area (Å²) >= 11 is 6.03. The monoisotopic (exact) mass is 439 g/mol. The highest BCUT2D eigenvalue weighted by Gasteiger charge is 2.18. The molecular formula is C24H26ClN3O3. The van der Waals surface area contributed by atoms with Crippen LogP contribution in [0.1, 0.15) is 21.7 Å². The van der Waals surface area contributed by atoms with Gasteiger partial charge in [0.05, 0.1) is 25.5 Å². The molecule has 2 aromatic carbocycles. The molecular weight excluding hydrogens is 414 g/mol. The lowest BCUT2D eigenvalue weighted by Crippen LogP contribution is -2.45. The molecule has 0 radical (unpaired) electrons. The average Bonchev–Trinajstić information content (AvgIpc) is 3.29. The van der Waals surface area contributed by atoms with Crippen molar-refractivity contribution < 1.29 is 13.9 Å². The van der Waals surface area contributed by atoms with Crippen molar-refractivity contribution in [3.63, 3.8) is 0 Å². The molecule has 1 N–H and O–H groups in total. The number of carbonyl (C=O) groups is 1. The van der Waals surface area contributed by atoms with Crippen LogP contribution in [-0.2, 0) is 13.1 Å². The number of furan rings is 1. The van der Waals surface area contributed by atoms with Crippen LogP contribution in [0, 0.1) is 0 Å². The summed E-state index contributed by atoms with van der Waals surface area (Å²) in [6, 6.07) is 16.9. The molecule has 2 heterocycles. The maximum Gasteiger partial charge on any atom is 0.259 e. The van der Waals surface area contributed by atoms with Crippen LogP contribution in [0.5, 0.6) is 5.75 Å². The lowest BCUT2D eigenvalue weighted by molar-refractivity contribution is 0.102. The molecule has 1 aromatic heterocycles. The minimum atomic E-state index is -0.250. The zero-order valence-corrected chi connectivity index (χ0v) is 18.3. The van der Waals surface area contributed by atoms with Crippen LogP contribution >= 0.6 is 11.6 Å². The molecule has 0 saturated carbocycles. The third-order valence-corrected chi connectivity index (χ3v) is 5.68. The van der Waals surface area contributed by atoms with Crippen molar-refractivity contribution in [2.75, 3.05) is 38.6 Å². The van der Waals surface area contributed by atoms with Gasteiger partial charge >= 0.3 is 0 Å². The minimum absolute atomic E-state index is 0.250. The van der Waals surface area contributed by atoms with Crippen LogP contribution < -0.4 is 10.1 Å². The van der Waals surface area contributed by atoms with E-state index in [0.717, 1.165) is 50.7 Å². The highest BCUT2D eigenvalue weighted by molar-refractivity contribution is 6.31. The van der Waals surface area contributed by atoms with Gasteiger partial charge in [0.25, 0.3) is 5.91 Å². The Bertz CT molecular complexity index is 997. The van der Waals surface area contributed by atoms with Gasteiger partial charge in [0.1, 0.15) is 11.5 Å². The van der Waals surface area contributed by atoms with Gasteiger partial charge in [-0.3, -0.25) is 14.6 Å². The van der Waals surface area contributed by atoms with Crippen molar-refractivity contribution in [1.29, 1.82) is 0 Å². The van der Waals surface area contributed by atoms with Crippen LogP contribution in [0.15, 0.2) is 65.3 Å². The number of rotatable bonds is 7. The Morgan fingerprint density at radius 1 is 1.03 bits per heavy atom. The van der Waals surface area contributed by atoms with Crippen LogP contribution in [0.3, 0.4) is 0 Å². The Balaban J connectivity index is 1.29. The predicted molar refractivity (Wildman–Crippen MR) is 122 cm³/mol. The number of ether oxygens (including phenoxy) is 1. The van der Waals surface area contributed by atoms with E-state index < -0.39 is 0 Å². The number of halogens is 1. The molecule has 1 saturated heterocycles. The molecule has 31 heavy (non-hydrogen) atoms. The maximum atomic E-state index is 12.6. The Hall–Kier alpha value is -2.80. The normalized spacial score (nSPS) is 15.0. The van der Waals surface area contributed by atoms with E-state index in [-0.39, 0.29) is 5.91 Å². The second-order valence-corrected chi connectivity index (χ2v) is 8.06. The van der Waals surface area contributed by atoms with Gasteiger partial charge in [-0.2, -0.15) is 0 Å². The van der Waals surface area contributed by atoms with E-state index in [9.17, 15) is 4.79 Å². The second kappa shape index (κ2) is 10.0. The van der Waals surface area contributed by atoms with Gasteiger partial charge in [-0.15, -0.1) is 0 Å². The summed E-state index contributed by atoms with van der Waals surface area (Å²) < 4.78 is 10.7. The molecule has 1 aliphatic heterocycles. The van der Waals surface area contributed by atoms with Gasteiger partial charge in [-0.1, -0.05) is 23.7 Å². The molecule has 0 aliphatic carbocycles. The highest BCUT2D eigenvalue weighted by Crippen LogP contribution is 2.24. The molecule has 0 bridgehead atoms. The van der Waals surface area contributed by atoms with Crippen LogP contribution in [0.4, 0.5) is 5.69 Å². The first-order valence-electron chi connectivity index (χ1n) is 10.3. The number of piperazine rings is 1. The lowest BCUT2D eigenvalue weighted by atomic mass is 10.1. The molecule has 7 heteroatoms. The Morgan fingerprint density at radius 2 is 1.74 bits per heavy atom. The van der Waals surface area contributed by atoms with Gasteiger partial charge in [0.2, 0.25) is 0 Å². The van der Waals surface area contributed by atoms with Gasteiger partial charge in [-0.25, -0.2) is 0 Å². The van der Waals surface area contributed by atoms with Gasteiger partial charge in [-0.05, 0) is 48.0 Å². The van der Waals surface area contributed by atoms with Gasteiger partial charge < -0.3 is 14.5 Å². The summed E-state index contributed by atoms with van der Waals surface area (Å²) in [5, 5.41) is 3.40. The number of anilines is 1. The molecule has 0 atom stereocenters. The van der Waals surface area contributed by atoms with Crippen molar-refractivity contribution in [3.05, 3.63) is 82.8 Å². The Morgan fingerprint density at radius 3 is 2.39 bits per heavy atom. The van der Waals surface area contributed by atoms with Crippen molar-refractivity contribution in [2.45, 2.75) is 13.1 Å². The first-order chi connectivity index (χ1) is 15.1. The van der Waals surface area contributed by atoms with Gasteiger partial charge in [0, 0.05) is 43.4 Å². The molecule has 1 aliphatic rings. The summed E-state index contributed by atoms with van der Waals surface area (Å²) in [5.41, 5.74) is 2.36. The fraction of sp³-hybridized carbons (Fsp3) is 0.292. The largest absolute Gasteiger partial charge is 0.496 e. The number of hydrogen-bond donors (Lipinski definition) is 1. The number of amides is 1. The van der Waals surface area contributed by atoms with Crippen molar-refractivity contribution in [2.24, 2.45) is 0 Å². The molecule has 3 aromatic rings. The average molecular weight is 440 g/mol. The summed E-state index contributed by atoms with van der Waals surface area (Å²) in [4.78, 5) is 17.5. The van der Waals surface area contributed by atoms with E-state index in [1.165, 1.54) is 12.7 Å². The molecule has 1 fully saturated rings. The smallest absolute Gasteiger partial charge is 0.259 e. The zero-order chi connectivity index (χ0) is 21.6. The first kappa shape index (κ1) is 21.4. The SMILES string of the molecule is COc1ccc(Cl)cc1C(=O)Nc1ccc(CN2CCN(Cc3ccco3)CC2)cc1.